The van der Waals surface area contributed by atoms with E-state index in [1.165, 1.54) is 0 Å². The fraction of sp³-hybridized carbons (Fsp3) is 0.897. The monoisotopic (exact) mass is 560 g/mol. The van der Waals surface area contributed by atoms with Crippen LogP contribution in [0.2, 0.25) is 36.3 Å². The van der Waals surface area contributed by atoms with Gasteiger partial charge in [0.05, 0.1) is 18.1 Å². The van der Waals surface area contributed by atoms with Gasteiger partial charge in [0.15, 0.2) is 16.6 Å². The maximum atomic E-state index is 15.1. The normalized spacial score (nSPS) is 28.4. The van der Waals surface area contributed by atoms with Gasteiger partial charge in [-0.3, -0.25) is 0 Å². The number of fused-ring (bicyclic) bond motifs is 1. The van der Waals surface area contributed by atoms with Crippen molar-refractivity contribution >= 4 is 22.6 Å². The molecule has 0 N–H and O–H groups in total. The topological polar surface area (TPSA) is 44.8 Å². The van der Waals surface area contributed by atoms with Crippen LogP contribution in [-0.2, 0) is 18.4 Å². The molecule has 8 heteroatoms. The van der Waals surface area contributed by atoms with Crippen molar-refractivity contribution in [1.82, 2.24) is 0 Å². The molecule has 1 heterocycles. The summed E-state index contributed by atoms with van der Waals surface area (Å²) >= 11 is 0. The van der Waals surface area contributed by atoms with Crippen molar-refractivity contribution in [1.29, 1.82) is 0 Å². The molecular weight excluding hydrogens is 506 g/mol. The molecule has 2 fully saturated rings. The fourth-order valence-electron chi connectivity index (χ4n) is 4.93. The minimum Gasteiger partial charge on any atom is -0.457 e. The van der Waals surface area contributed by atoms with E-state index in [4.69, 9.17) is 13.6 Å². The summed E-state index contributed by atoms with van der Waals surface area (Å²) in [6.07, 6.45) is 7.12. The lowest BCUT2D eigenvalue weighted by atomic mass is 9.88. The zero-order valence-corrected chi connectivity index (χ0v) is 27.5. The van der Waals surface area contributed by atoms with Gasteiger partial charge in [-0.1, -0.05) is 86.8 Å². The molecule has 2 aliphatic rings. The number of halogens is 2. The molecule has 1 aliphatic heterocycles. The number of carbonyl (C=O) groups is 1. The number of rotatable bonds is 11. The van der Waals surface area contributed by atoms with Crippen LogP contribution in [0.3, 0.4) is 0 Å². The molecule has 0 bridgehead atoms. The summed E-state index contributed by atoms with van der Waals surface area (Å²) in [5, 5.41) is -0.0161. The third kappa shape index (κ3) is 7.54. The van der Waals surface area contributed by atoms with Crippen molar-refractivity contribution in [3.63, 3.8) is 0 Å². The van der Waals surface area contributed by atoms with Crippen LogP contribution in [-0.4, -0.2) is 46.8 Å². The van der Waals surface area contributed by atoms with E-state index in [9.17, 15) is 4.79 Å². The number of ether oxygens (including phenoxy) is 1. The molecule has 1 aliphatic carbocycles. The summed E-state index contributed by atoms with van der Waals surface area (Å²) in [5.74, 6) is -6.23. The average molecular weight is 561 g/mol. The summed E-state index contributed by atoms with van der Waals surface area (Å²) in [4.78, 5) is 12.0. The van der Waals surface area contributed by atoms with E-state index in [2.05, 4.69) is 81.6 Å². The van der Waals surface area contributed by atoms with Gasteiger partial charge in [0.2, 0.25) is 0 Å². The third-order valence-electron chi connectivity index (χ3n) is 9.40. The van der Waals surface area contributed by atoms with E-state index < -0.39 is 52.6 Å². The van der Waals surface area contributed by atoms with E-state index in [1.54, 1.807) is 0 Å². The van der Waals surface area contributed by atoms with Gasteiger partial charge in [0.25, 0.3) is 0 Å². The predicted octanol–water partition coefficient (Wildman–Crippen LogP) is 8.74. The van der Waals surface area contributed by atoms with Crippen LogP contribution in [0.5, 0.6) is 0 Å². The first-order valence-corrected chi connectivity index (χ1v) is 20.1. The van der Waals surface area contributed by atoms with Gasteiger partial charge >= 0.3 is 11.9 Å². The lowest BCUT2D eigenvalue weighted by molar-refractivity contribution is -0.163. The lowest BCUT2D eigenvalue weighted by Crippen LogP contribution is -2.46. The molecule has 0 aromatic carbocycles. The predicted molar refractivity (Wildman–Crippen MR) is 153 cm³/mol. The zero-order chi connectivity index (χ0) is 28.6. The van der Waals surface area contributed by atoms with E-state index in [1.807, 2.05) is 12.2 Å². The van der Waals surface area contributed by atoms with Crippen LogP contribution in [0.4, 0.5) is 8.78 Å². The van der Waals surface area contributed by atoms with Crippen molar-refractivity contribution < 1.29 is 27.2 Å². The highest BCUT2D eigenvalue weighted by molar-refractivity contribution is 6.74. The average Bonchev–Trinajstić information content (AvgIpc) is 3.15. The molecule has 6 atom stereocenters. The zero-order valence-electron chi connectivity index (χ0n) is 25.5. The Balaban J connectivity index is 2.41. The van der Waals surface area contributed by atoms with Gasteiger partial charge in [0, 0.05) is 12.3 Å². The molecule has 0 amide bonds. The number of hydrogen-bond donors (Lipinski definition) is 0. The van der Waals surface area contributed by atoms with Gasteiger partial charge in [-0.2, -0.15) is 8.78 Å². The van der Waals surface area contributed by atoms with Gasteiger partial charge in [-0.25, -0.2) is 4.79 Å². The van der Waals surface area contributed by atoms with Crippen LogP contribution in [0, 0.1) is 17.8 Å². The van der Waals surface area contributed by atoms with Crippen LogP contribution in [0.1, 0.15) is 87.5 Å². The van der Waals surface area contributed by atoms with Crippen LogP contribution in [0.15, 0.2) is 12.2 Å². The summed E-state index contributed by atoms with van der Waals surface area (Å²) in [7, 11) is -4.32. The largest absolute Gasteiger partial charge is 0.457 e. The molecule has 4 nitrogen and oxygen atoms in total. The minimum absolute atomic E-state index is 0.0386. The van der Waals surface area contributed by atoms with E-state index in [0.29, 0.717) is 12.3 Å². The Bertz CT molecular complexity index is 814. The highest BCUT2D eigenvalue weighted by Crippen LogP contribution is 2.52. The van der Waals surface area contributed by atoms with Crippen molar-refractivity contribution in [3.8, 4) is 0 Å². The minimum atomic E-state index is -3.50. The number of esters is 1. The van der Waals surface area contributed by atoms with Gasteiger partial charge < -0.3 is 13.6 Å². The highest BCUT2D eigenvalue weighted by atomic mass is 28.4. The van der Waals surface area contributed by atoms with E-state index >= 15 is 8.78 Å². The SMILES string of the molecule is CCCC[C@H](C)C[C@@H](C=C[C@@H]1[C@@H]2[C@H](C[C@H]1O[Si](C)(C)C(C)(C)C)OC(=O)C2(F)F)O[Si](C)(C)C(C)(C)C. The molecule has 0 unspecified atom stereocenters. The summed E-state index contributed by atoms with van der Waals surface area (Å²) in [5.41, 5.74) is 0. The van der Waals surface area contributed by atoms with E-state index in [-0.39, 0.29) is 16.2 Å². The Morgan fingerprint density at radius 2 is 1.65 bits per heavy atom. The van der Waals surface area contributed by atoms with Crippen molar-refractivity contribution in [2.45, 2.75) is 148 Å². The fourth-order valence-corrected chi connectivity index (χ4v) is 7.58. The van der Waals surface area contributed by atoms with Gasteiger partial charge in [-0.15, -0.1) is 0 Å². The van der Waals surface area contributed by atoms with Crippen LogP contribution >= 0.6 is 0 Å². The number of carbonyl (C=O) groups excluding carboxylic acids is 1. The molecule has 1 saturated heterocycles. The van der Waals surface area contributed by atoms with Crippen molar-refractivity contribution in [3.05, 3.63) is 12.2 Å². The molecule has 2 rings (SSSR count). The summed E-state index contributed by atoms with van der Waals surface area (Å²) in [6, 6.07) is 0. The maximum absolute atomic E-state index is 15.1. The van der Waals surface area contributed by atoms with Gasteiger partial charge in [0.1, 0.15) is 6.10 Å². The second kappa shape index (κ2) is 11.5. The van der Waals surface area contributed by atoms with E-state index in [0.717, 1.165) is 25.7 Å². The molecular formula is C29H54F2O4Si2. The van der Waals surface area contributed by atoms with Gasteiger partial charge in [-0.05, 0) is 48.6 Å². The standard InChI is InChI=1S/C29H54F2O4Si2/c1-13-14-15-20(2)18-21(34-36(9,10)27(3,4)5)16-17-22-23(35-37(11,12)28(6,7)8)19-24-25(22)29(30,31)26(32)33-24/h16-17,20-25H,13-15,18-19H2,1-12H3/t20-,21+,22-,23+,24-,25+/m0/s1. The summed E-state index contributed by atoms with van der Waals surface area (Å²) < 4.78 is 48.9. The van der Waals surface area contributed by atoms with Crippen LogP contribution in [0.25, 0.3) is 0 Å². The van der Waals surface area contributed by atoms with Crippen LogP contribution < -0.4 is 0 Å². The van der Waals surface area contributed by atoms with Crippen molar-refractivity contribution in [2.24, 2.45) is 17.8 Å². The molecule has 1 saturated carbocycles. The first-order valence-electron chi connectivity index (χ1n) is 14.3. The van der Waals surface area contributed by atoms with Crippen molar-refractivity contribution in [2.75, 3.05) is 0 Å². The first-order chi connectivity index (χ1) is 16.6. The quantitative estimate of drug-likeness (QED) is 0.144. The Morgan fingerprint density at radius 3 is 2.16 bits per heavy atom. The number of unbranched alkanes of at least 4 members (excludes halogenated alkanes) is 1. The number of alkyl halides is 2. The maximum Gasteiger partial charge on any atom is 0.377 e. The third-order valence-corrected chi connectivity index (χ3v) is 18.4. The second-order valence-electron chi connectivity index (χ2n) is 14.6. The molecule has 0 spiro atoms. The lowest BCUT2D eigenvalue weighted by Gasteiger charge is -2.40. The smallest absolute Gasteiger partial charge is 0.377 e. The number of hydrogen-bond acceptors (Lipinski definition) is 4. The molecule has 0 radical (unpaired) electrons. The Kier molecular flexibility index (Phi) is 10.1. The highest BCUT2D eigenvalue weighted by Gasteiger charge is 2.67. The Morgan fingerprint density at radius 1 is 1.08 bits per heavy atom. The molecule has 37 heavy (non-hydrogen) atoms. The Labute approximate surface area is 227 Å². The molecule has 0 aromatic heterocycles. The Hall–Kier alpha value is -0.576. The molecule has 0 aromatic rings. The summed E-state index contributed by atoms with van der Waals surface area (Å²) in [6.45, 7) is 26.3. The first kappa shape index (κ1) is 32.6. The molecule has 216 valence electrons. The second-order valence-corrected chi connectivity index (χ2v) is 24.1.